The van der Waals surface area contributed by atoms with Gasteiger partial charge in [0.15, 0.2) is 0 Å². The van der Waals surface area contributed by atoms with E-state index in [0.717, 1.165) is 6.07 Å². The lowest BCUT2D eigenvalue weighted by molar-refractivity contribution is 0.231. The van der Waals surface area contributed by atoms with E-state index < -0.39 is 11.8 Å². The predicted molar refractivity (Wildman–Crippen MR) is 74.6 cm³/mol. The van der Waals surface area contributed by atoms with Crippen LogP contribution in [0.1, 0.15) is 17.5 Å². The van der Waals surface area contributed by atoms with Crippen molar-refractivity contribution in [3.05, 3.63) is 47.3 Å². The quantitative estimate of drug-likeness (QED) is 0.733. The molecule has 0 aromatic heterocycles. The molecule has 1 aliphatic carbocycles. The molecule has 2 amide bonds. The highest BCUT2D eigenvalue weighted by Crippen LogP contribution is 2.16. The van der Waals surface area contributed by atoms with Crippen molar-refractivity contribution >= 4 is 6.03 Å². The molecule has 0 bridgehead atoms. The second-order valence-electron chi connectivity index (χ2n) is 4.91. The van der Waals surface area contributed by atoms with Gasteiger partial charge in [-0.3, -0.25) is 0 Å². The van der Waals surface area contributed by atoms with Crippen LogP contribution in [0.25, 0.3) is 0 Å². The van der Waals surface area contributed by atoms with E-state index >= 15 is 0 Å². The van der Waals surface area contributed by atoms with Gasteiger partial charge in [-0.15, -0.1) is 0 Å². The number of benzene rings is 1. The molecule has 0 aliphatic heterocycles. The minimum atomic E-state index is -0.518. The molecule has 21 heavy (non-hydrogen) atoms. The Kier molecular flexibility index (Phi) is 4.90. The summed E-state index contributed by atoms with van der Waals surface area (Å²) >= 11 is 0. The number of carbonyl (C=O) groups is 1. The number of aliphatic hydroxyl groups is 1. The van der Waals surface area contributed by atoms with E-state index in [9.17, 15) is 9.18 Å². The molecule has 1 aromatic carbocycles. The zero-order valence-corrected chi connectivity index (χ0v) is 11.3. The van der Waals surface area contributed by atoms with Gasteiger partial charge in [-0.1, -0.05) is 18.2 Å². The minimum absolute atomic E-state index is 0.0449. The van der Waals surface area contributed by atoms with E-state index in [1.807, 2.05) is 18.2 Å². The summed E-state index contributed by atoms with van der Waals surface area (Å²) in [6.45, 7) is 0.107. The lowest BCUT2D eigenvalue weighted by atomic mass is 10.1. The van der Waals surface area contributed by atoms with Crippen molar-refractivity contribution in [2.24, 2.45) is 5.92 Å². The first kappa shape index (κ1) is 15.0. The zero-order valence-electron chi connectivity index (χ0n) is 11.3. The maximum atomic E-state index is 13.6. The molecule has 0 fully saturated rings. The lowest BCUT2D eigenvalue weighted by Crippen LogP contribution is -2.40. The summed E-state index contributed by atoms with van der Waals surface area (Å²) in [5.41, 5.74) is 0.561. The number of aliphatic hydroxyl groups excluding tert-OH is 1. The molecule has 0 saturated carbocycles. The number of nitrogens with one attached hydrogen (secondary N) is 2. The van der Waals surface area contributed by atoms with Gasteiger partial charge in [-0.25, -0.2) is 9.18 Å². The molecule has 0 saturated heterocycles. The van der Waals surface area contributed by atoms with Crippen molar-refractivity contribution in [1.82, 2.24) is 10.6 Å². The second kappa shape index (κ2) is 6.86. The highest BCUT2D eigenvalue weighted by Gasteiger charge is 2.19. The van der Waals surface area contributed by atoms with Crippen LogP contribution in [0, 0.1) is 23.1 Å². The third-order valence-corrected chi connectivity index (χ3v) is 3.34. The van der Waals surface area contributed by atoms with Gasteiger partial charge in [0.1, 0.15) is 5.82 Å². The number of halogens is 1. The van der Waals surface area contributed by atoms with Gasteiger partial charge in [-0.05, 0) is 18.6 Å². The molecule has 5 nitrogen and oxygen atoms in total. The molecule has 3 N–H and O–H groups in total. The van der Waals surface area contributed by atoms with Gasteiger partial charge in [0.2, 0.25) is 0 Å². The van der Waals surface area contributed by atoms with E-state index in [1.54, 1.807) is 0 Å². The minimum Gasteiger partial charge on any atom is -0.396 e. The van der Waals surface area contributed by atoms with Crippen LogP contribution in [0.4, 0.5) is 9.18 Å². The third-order valence-electron chi connectivity index (χ3n) is 3.34. The molecule has 6 heteroatoms. The fraction of sp³-hybridized carbons (Fsp3) is 0.333. The number of hydrogen-bond acceptors (Lipinski definition) is 3. The maximum Gasteiger partial charge on any atom is 0.315 e. The number of amides is 2. The molecule has 1 aliphatic rings. The Morgan fingerprint density at radius 3 is 2.90 bits per heavy atom. The Bertz CT molecular complexity index is 595. The summed E-state index contributed by atoms with van der Waals surface area (Å²) < 4.78 is 13.6. The van der Waals surface area contributed by atoms with Crippen LogP contribution < -0.4 is 10.6 Å². The Labute approximate surface area is 122 Å². The topological polar surface area (TPSA) is 85.2 Å². The molecule has 110 valence electrons. The normalized spacial score (nSPS) is 20.0. The summed E-state index contributed by atoms with van der Waals surface area (Å²) in [6.07, 6.45) is 4.36. The molecule has 2 rings (SSSR count). The van der Waals surface area contributed by atoms with Crippen molar-refractivity contribution in [3.63, 3.8) is 0 Å². The van der Waals surface area contributed by atoms with E-state index in [0.29, 0.717) is 12.0 Å². The Hall–Kier alpha value is -2.39. The molecule has 2 atom stereocenters. The van der Waals surface area contributed by atoms with E-state index in [1.165, 1.54) is 12.1 Å². The Morgan fingerprint density at radius 1 is 1.48 bits per heavy atom. The summed E-state index contributed by atoms with van der Waals surface area (Å²) in [7, 11) is 0. The summed E-state index contributed by atoms with van der Waals surface area (Å²) in [6, 6.07) is 5.46. The van der Waals surface area contributed by atoms with E-state index in [-0.39, 0.29) is 30.7 Å². The average Bonchev–Trinajstić information content (AvgIpc) is 2.93. The number of nitrogens with zero attached hydrogens (tertiary/aromatic N) is 1. The van der Waals surface area contributed by atoms with Crippen LogP contribution in [0.3, 0.4) is 0 Å². The molecule has 0 unspecified atom stereocenters. The molecule has 0 heterocycles. The molecule has 0 radical (unpaired) electrons. The number of hydrogen-bond donors (Lipinski definition) is 3. The smallest absolute Gasteiger partial charge is 0.315 e. The Balaban J connectivity index is 1.82. The van der Waals surface area contributed by atoms with Crippen LogP contribution in [-0.4, -0.2) is 23.8 Å². The van der Waals surface area contributed by atoms with Gasteiger partial charge in [0, 0.05) is 30.7 Å². The van der Waals surface area contributed by atoms with Gasteiger partial charge in [0.25, 0.3) is 0 Å². The number of rotatable bonds is 4. The predicted octanol–water partition coefficient (Wildman–Crippen LogP) is 1.43. The number of nitriles is 1. The van der Waals surface area contributed by atoms with Gasteiger partial charge >= 0.3 is 6.03 Å². The Morgan fingerprint density at radius 2 is 2.29 bits per heavy atom. The molecule has 1 aromatic rings. The third kappa shape index (κ3) is 4.04. The van der Waals surface area contributed by atoms with Crippen molar-refractivity contribution < 1.29 is 14.3 Å². The molecular formula is C15H16FN3O2. The van der Waals surface area contributed by atoms with Crippen LogP contribution in [0.5, 0.6) is 0 Å². The molecule has 0 spiro atoms. The second-order valence-corrected chi connectivity index (χ2v) is 4.91. The monoisotopic (exact) mass is 289 g/mol. The van der Waals surface area contributed by atoms with Crippen molar-refractivity contribution in [2.75, 3.05) is 6.61 Å². The van der Waals surface area contributed by atoms with Crippen LogP contribution in [-0.2, 0) is 6.54 Å². The summed E-state index contributed by atoms with van der Waals surface area (Å²) in [5.74, 6) is -0.443. The zero-order chi connectivity index (χ0) is 15.2. The first-order chi connectivity index (χ1) is 10.1. The highest BCUT2D eigenvalue weighted by atomic mass is 19.1. The maximum absolute atomic E-state index is 13.6. The van der Waals surface area contributed by atoms with Crippen LogP contribution in [0.15, 0.2) is 30.4 Å². The number of urea groups is 1. The SMILES string of the molecule is N#Cc1ccc(CNC(=O)N[C@@H]2C=C[C@H](CO)C2)c(F)c1. The van der Waals surface area contributed by atoms with Gasteiger partial charge in [-0.2, -0.15) is 5.26 Å². The standard InChI is InChI=1S/C15H16FN3O2/c16-14-6-10(7-17)1-3-12(14)8-18-15(21)19-13-4-2-11(5-13)9-20/h1-4,6,11,13,20H,5,8-9H2,(H2,18,19,21)/t11-,13+/m0/s1. The van der Waals surface area contributed by atoms with Crippen molar-refractivity contribution in [3.8, 4) is 6.07 Å². The summed E-state index contributed by atoms with van der Waals surface area (Å²) in [5, 5.41) is 23.0. The fourth-order valence-corrected chi connectivity index (χ4v) is 2.17. The first-order valence-electron chi connectivity index (χ1n) is 6.64. The fourth-order valence-electron chi connectivity index (χ4n) is 2.17. The molecular weight excluding hydrogens is 273 g/mol. The van der Waals surface area contributed by atoms with Gasteiger partial charge in [0.05, 0.1) is 11.6 Å². The number of carbonyl (C=O) groups excluding carboxylic acids is 1. The van der Waals surface area contributed by atoms with Crippen molar-refractivity contribution in [2.45, 2.75) is 19.0 Å². The lowest BCUT2D eigenvalue weighted by Gasteiger charge is -2.13. The van der Waals surface area contributed by atoms with Crippen molar-refractivity contribution in [1.29, 1.82) is 5.26 Å². The van der Waals surface area contributed by atoms with E-state index in [4.69, 9.17) is 10.4 Å². The van der Waals surface area contributed by atoms with Crippen LogP contribution in [0.2, 0.25) is 0 Å². The summed E-state index contributed by atoms with van der Waals surface area (Å²) in [4.78, 5) is 11.7. The van der Waals surface area contributed by atoms with E-state index in [2.05, 4.69) is 10.6 Å². The average molecular weight is 289 g/mol. The van der Waals surface area contributed by atoms with Crippen LogP contribution >= 0.6 is 0 Å². The highest BCUT2D eigenvalue weighted by molar-refractivity contribution is 5.74. The largest absolute Gasteiger partial charge is 0.396 e. The van der Waals surface area contributed by atoms with Gasteiger partial charge < -0.3 is 15.7 Å². The first-order valence-corrected chi connectivity index (χ1v) is 6.64.